The fourth-order valence-electron chi connectivity index (χ4n) is 6.58. The molecule has 4 heterocycles. The maximum absolute atomic E-state index is 13.5. The number of likely N-dealkylation sites (N-methyl/N-ethyl adjacent to an activating group) is 1. The first-order valence-corrected chi connectivity index (χ1v) is 15.4. The minimum Gasteiger partial charge on any atom is -0.491 e. The molecule has 2 fully saturated rings. The Bertz CT molecular complexity index is 1800. The zero-order valence-electron chi connectivity index (χ0n) is 25.4. The van der Waals surface area contributed by atoms with Crippen LogP contribution >= 0.6 is 0 Å². The molecule has 2 N–H and O–H groups in total. The number of benzene rings is 2. The van der Waals surface area contributed by atoms with Crippen LogP contribution in [-0.4, -0.2) is 86.3 Å². The third kappa shape index (κ3) is 5.03. The highest BCUT2D eigenvalue weighted by atomic mass is 16.5. The summed E-state index contributed by atoms with van der Waals surface area (Å²) in [6.45, 7) is 4.70. The molecule has 44 heavy (non-hydrogen) atoms. The molecule has 1 saturated carbocycles. The van der Waals surface area contributed by atoms with Crippen molar-refractivity contribution in [3.8, 4) is 17.3 Å². The van der Waals surface area contributed by atoms with Gasteiger partial charge < -0.3 is 34.1 Å². The van der Waals surface area contributed by atoms with Crippen molar-refractivity contribution in [2.45, 2.75) is 45.2 Å². The van der Waals surface area contributed by atoms with Gasteiger partial charge in [-0.05, 0) is 61.9 Å². The standard InChI is InChI=1S/C33H38N6O5/c1-19(36(2)33(42)43)16-38-10-9-22-12-26-25(14-24(22)32(38)41)35-31(37(26)3)27-13-23-5-4-6-28(30(23)39(27)17-20-7-8-20)44-18-21-11-29(40)34-15-21/h4-6,12-14,19-21H,7-11,15-18H2,1-3H3,(H,34,40)(H,42,43)/t19-,21?/m1/s1. The lowest BCUT2D eigenvalue weighted by atomic mass is 9.97. The third-order valence-electron chi connectivity index (χ3n) is 9.51. The van der Waals surface area contributed by atoms with Gasteiger partial charge in [-0.25, -0.2) is 9.78 Å². The molecule has 0 bridgehead atoms. The van der Waals surface area contributed by atoms with Crippen molar-refractivity contribution in [2.75, 3.05) is 33.3 Å². The maximum Gasteiger partial charge on any atom is 0.407 e. The number of hydrogen-bond donors (Lipinski definition) is 2. The van der Waals surface area contributed by atoms with Gasteiger partial charge in [0.2, 0.25) is 5.91 Å². The number of aromatic nitrogens is 3. The fourth-order valence-corrected chi connectivity index (χ4v) is 6.58. The topological polar surface area (TPSA) is 122 Å². The Hall–Kier alpha value is -4.54. The number of carbonyl (C=O) groups excluding carboxylic acids is 2. The summed E-state index contributed by atoms with van der Waals surface area (Å²) in [7, 11) is 3.55. The van der Waals surface area contributed by atoms with E-state index in [1.807, 2.05) is 32.2 Å². The molecule has 3 amide bonds. The number of carboxylic acid groups (broad SMARTS) is 1. The zero-order valence-corrected chi connectivity index (χ0v) is 25.4. The SMILES string of the molecule is C[C@H](CN1CCc2cc3c(cc2C1=O)nc(-c1cc2cccc(OCC4CNC(=O)C4)c2n1CC1CC1)n3C)N(C)C(=O)O. The predicted molar refractivity (Wildman–Crippen MR) is 166 cm³/mol. The number of fused-ring (bicyclic) bond motifs is 3. The molecule has 2 aromatic carbocycles. The van der Waals surface area contributed by atoms with Crippen molar-refractivity contribution in [1.29, 1.82) is 0 Å². The summed E-state index contributed by atoms with van der Waals surface area (Å²) in [6, 6.07) is 12.0. The summed E-state index contributed by atoms with van der Waals surface area (Å²) in [5.41, 5.74) is 5.40. The highest BCUT2D eigenvalue weighted by Gasteiger charge is 2.30. The molecule has 2 aromatic heterocycles. The Morgan fingerprint density at radius 2 is 2.02 bits per heavy atom. The summed E-state index contributed by atoms with van der Waals surface area (Å²) < 4.78 is 10.8. The molecule has 3 aliphatic rings. The van der Waals surface area contributed by atoms with Crippen LogP contribution in [0.15, 0.2) is 36.4 Å². The van der Waals surface area contributed by atoms with Crippen LogP contribution in [0.1, 0.15) is 42.1 Å². The lowest BCUT2D eigenvalue weighted by Gasteiger charge is -2.33. The Morgan fingerprint density at radius 3 is 2.75 bits per heavy atom. The van der Waals surface area contributed by atoms with E-state index < -0.39 is 6.09 Å². The summed E-state index contributed by atoms with van der Waals surface area (Å²) >= 11 is 0. The monoisotopic (exact) mass is 598 g/mol. The second-order valence-corrected chi connectivity index (χ2v) is 12.7. The van der Waals surface area contributed by atoms with E-state index in [-0.39, 0.29) is 23.8 Å². The van der Waals surface area contributed by atoms with Crippen LogP contribution in [0.4, 0.5) is 4.79 Å². The highest BCUT2D eigenvalue weighted by Crippen LogP contribution is 2.39. The molecule has 0 spiro atoms. The van der Waals surface area contributed by atoms with E-state index in [0.717, 1.165) is 51.3 Å². The highest BCUT2D eigenvalue weighted by molar-refractivity contribution is 6.01. The Labute approximate surface area is 255 Å². The largest absolute Gasteiger partial charge is 0.491 e. The quantitative estimate of drug-likeness (QED) is 0.299. The van der Waals surface area contributed by atoms with Gasteiger partial charge in [-0.2, -0.15) is 0 Å². The molecule has 11 heteroatoms. The molecule has 1 unspecified atom stereocenters. The first-order valence-electron chi connectivity index (χ1n) is 15.4. The zero-order chi connectivity index (χ0) is 30.7. The Kier molecular flexibility index (Phi) is 6.98. The number of hydrogen-bond acceptors (Lipinski definition) is 5. The van der Waals surface area contributed by atoms with Crippen LogP contribution in [0.2, 0.25) is 0 Å². The lowest BCUT2D eigenvalue weighted by molar-refractivity contribution is -0.119. The summed E-state index contributed by atoms with van der Waals surface area (Å²) in [5.74, 6) is 2.41. The normalized spacial score (nSPS) is 19.0. The van der Waals surface area contributed by atoms with Gasteiger partial charge >= 0.3 is 6.09 Å². The van der Waals surface area contributed by atoms with Crippen LogP contribution in [-0.2, 0) is 24.8 Å². The van der Waals surface area contributed by atoms with E-state index in [4.69, 9.17) is 9.72 Å². The molecular formula is C33H38N6O5. The molecular weight excluding hydrogens is 560 g/mol. The maximum atomic E-state index is 13.5. The second-order valence-electron chi connectivity index (χ2n) is 12.7. The summed E-state index contributed by atoms with van der Waals surface area (Å²) in [6.07, 6.45) is 2.59. The first kappa shape index (κ1) is 28.2. The van der Waals surface area contributed by atoms with E-state index >= 15 is 0 Å². The van der Waals surface area contributed by atoms with Gasteiger partial charge in [-0.3, -0.25) is 9.59 Å². The van der Waals surface area contributed by atoms with Gasteiger partial charge in [-0.15, -0.1) is 0 Å². The molecule has 11 nitrogen and oxygen atoms in total. The minimum absolute atomic E-state index is 0.0782. The molecule has 0 radical (unpaired) electrons. The average molecular weight is 599 g/mol. The van der Waals surface area contributed by atoms with E-state index in [2.05, 4.69) is 32.7 Å². The molecule has 1 saturated heterocycles. The van der Waals surface area contributed by atoms with Crippen LogP contribution < -0.4 is 10.1 Å². The number of rotatable bonds is 9. The summed E-state index contributed by atoms with van der Waals surface area (Å²) in [5, 5.41) is 13.3. The second kappa shape index (κ2) is 10.9. The Balaban J connectivity index is 1.24. The van der Waals surface area contributed by atoms with Gasteiger partial charge in [-0.1, -0.05) is 12.1 Å². The van der Waals surface area contributed by atoms with Gasteiger partial charge in [0, 0.05) is 69.6 Å². The van der Waals surface area contributed by atoms with E-state index in [1.54, 1.807) is 4.90 Å². The summed E-state index contributed by atoms with van der Waals surface area (Å²) in [4.78, 5) is 44.7. The average Bonchev–Trinajstić information content (AvgIpc) is 3.49. The fraction of sp³-hybridized carbons (Fsp3) is 0.455. The van der Waals surface area contributed by atoms with Gasteiger partial charge in [0.15, 0.2) is 5.82 Å². The molecule has 4 aromatic rings. The van der Waals surface area contributed by atoms with Crippen molar-refractivity contribution >= 4 is 39.8 Å². The van der Waals surface area contributed by atoms with Crippen LogP contribution in [0.5, 0.6) is 5.75 Å². The third-order valence-corrected chi connectivity index (χ3v) is 9.51. The Morgan fingerprint density at radius 1 is 1.20 bits per heavy atom. The van der Waals surface area contributed by atoms with Crippen LogP contribution in [0.3, 0.4) is 0 Å². The number of amides is 3. The van der Waals surface area contributed by atoms with Crippen molar-refractivity contribution in [3.05, 3.63) is 47.5 Å². The van der Waals surface area contributed by atoms with Gasteiger partial charge in [0.05, 0.1) is 28.9 Å². The van der Waals surface area contributed by atoms with Crippen LogP contribution in [0.25, 0.3) is 33.5 Å². The molecule has 1 aliphatic carbocycles. The van der Waals surface area contributed by atoms with E-state index in [0.29, 0.717) is 50.6 Å². The van der Waals surface area contributed by atoms with Gasteiger partial charge in [0.1, 0.15) is 5.75 Å². The number of carbonyl (C=O) groups is 3. The van der Waals surface area contributed by atoms with Crippen molar-refractivity contribution in [3.63, 3.8) is 0 Å². The minimum atomic E-state index is -1.01. The number of nitrogens with zero attached hydrogens (tertiary/aromatic N) is 5. The van der Waals surface area contributed by atoms with Crippen molar-refractivity contribution in [2.24, 2.45) is 18.9 Å². The number of nitrogens with one attached hydrogen (secondary N) is 1. The van der Waals surface area contributed by atoms with Crippen molar-refractivity contribution < 1.29 is 24.2 Å². The van der Waals surface area contributed by atoms with Crippen LogP contribution in [0, 0.1) is 11.8 Å². The molecule has 2 atom stereocenters. The van der Waals surface area contributed by atoms with E-state index in [9.17, 15) is 19.5 Å². The number of ether oxygens (including phenoxy) is 1. The first-order chi connectivity index (χ1) is 21.2. The predicted octanol–water partition coefficient (Wildman–Crippen LogP) is 4.12. The lowest BCUT2D eigenvalue weighted by Crippen LogP contribution is -2.47. The number of imidazole rings is 1. The smallest absolute Gasteiger partial charge is 0.407 e. The number of aryl methyl sites for hydroxylation is 1. The molecule has 2 aliphatic heterocycles. The van der Waals surface area contributed by atoms with Crippen molar-refractivity contribution in [1.82, 2.24) is 29.2 Å². The number of para-hydroxylation sites is 1. The van der Waals surface area contributed by atoms with E-state index in [1.165, 1.54) is 24.8 Å². The van der Waals surface area contributed by atoms with Gasteiger partial charge in [0.25, 0.3) is 5.91 Å². The molecule has 230 valence electrons. The molecule has 7 rings (SSSR count).